The number of hydrazone groups is 1. The van der Waals surface area contributed by atoms with Crippen molar-refractivity contribution >= 4 is 17.8 Å². The van der Waals surface area contributed by atoms with E-state index in [2.05, 4.69) is 10.5 Å². The molecule has 1 amide bonds. The Morgan fingerprint density at radius 2 is 2.16 bits per heavy atom. The molecule has 0 fully saturated rings. The average Bonchev–Trinajstić information content (AvgIpc) is 2.57. The van der Waals surface area contributed by atoms with Crippen LogP contribution in [-0.4, -0.2) is 28.8 Å². The topological polar surface area (TPSA) is 114 Å². The zero-order chi connectivity index (χ0) is 18.4. The molecule has 2 aromatic rings. The standard InChI is InChI=1S/C17H17N3O5/c1-3-25-16-9-12(7-8-15(16)21)10-18-19-17(22)13-5-4-6-14(11(13)2)20(23)24/h4-10,21H,3H2,1-2H3,(H,19,22). The second-order valence-electron chi connectivity index (χ2n) is 5.07. The van der Waals surface area contributed by atoms with Gasteiger partial charge in [0.25, 0.3) is 11.6 Å². The van der Waals surface area contributed by atoms with Crippen LogP contribution in [0.15, 0.2) is 41.5 Å². The molecule has 0 aliphatic rings. The van der Waals surface area contributed by atoms with Crippen molar-refractivity contribution in [1.82, 2.24) is 5.43 Å². The van der Waals surface area contributed by atoms with Gasteiger partial charge in [0, 0.05) is 11.6 Å². The van der Waals surface area contributed by atoms with Crippen molar-refractivity contribution < 1.29 is 19.6 Å². The van der Waals surface area contributed by atoms with Crippen LogP contribution < -0.4 is 10.2 Å². The van der Waals surface area contributed by atoms with E-state index in [1.165, 1.54) is 37.4 Å². The summed E-state index contributed by atoms with van der Waals surface area (Å²) in [6.07, 6.45) is 1.38. The minimum absolute atomic E-state index is 0.00950. The van der Waals surface area contributed by atoms with Crippen LogP contribution in [0.4, 0.5) is 5.69 Å². The minimum Gasteiger partial charge on any atom is -0.504 e. The highest BCUT2D eigenvalue weighted by Gasteiger charge is 2.17. The highest BCUT2D eigenvalue weighted by Crippen LogP contribution is 2.26. The largest absolute Gasteiger partial charge is 0.504 e. The van der Waals surface area contributed by atoms with E-state index in [0.717, 1.165) is 0 Å². The van der Waals surface area contributed by atoms with Gasteiger partial charge in [-0.3, -0.25) is 14.9 Å². The molecule has 2 N–H and O–H groups in total. The maximum Gasteiger partial charge on any atom is 0.273 e. The number of nitro benzene ring substituents is 1. The third kappa shape index (κ3) is 4.31. The number of nitrogens with zero attached hydrogens (tertiary/aromatic N) is 2. The van der Waals surface area contributed by atoms with Crippen LogP contribution in [0.25, 0.3) is 0 Å². The lowest BCUT2D eigenvalue weighted by Crippen LogP contribution is -2.19. The van der Waals surface area contributed by atoms with Crippen LogP contribution in [0, 0.1) is 17.0 Å². The molecule has 2 aromatic carbocycles. The molecular formula is C17H17N3O5. The smallest absolute Gasteiger partial charge is 0.273 e. The third-order valence-corrected chi connectivity index (χ3v) is 3.41. The maximum absolute atomic E-state index is 12.1. The van der Waals surface area contributed by atoms with Gasteiger partial charge < -0.3 is 9.84 Å². The van der Waals surface area contributed by atoms with Gasteiger partial charge in [0.2, 0.25) is 0 Å². The molecule has 0 saturated carbocycles. The summed E-state index contributed by atoms with van der Waals surface area (Å²) < 4.78 is 5.26. The van der Waals surface area contributed by atoms with E-state index in [4.69, 9.17) is 4.74 Å². The second-order valence-corrected chi connectivity index (χ2v) is 5.07. The normalized spacial score (nSPS) is 10.6. The Morgan fingerprint density at radius 3 is 2.84 bits per heavy atom. The minimum atomic E-state index is -0.554. The first-order valence-corrected chi connectivity index (χ1v) is 7.47. The van der Waals surface area contributed by atoms with Crippen molar-refractivity contribution in [2.24, 2.45) is 5.10 Å². The quantitative estimate of drug-likeness (QED) is 0.475. The van der Waals surface area contributed by atoms with Crippen LogP contribution in [0.5, 0.6) is 11.5 Å². The van der Waals surface area contributed by atoms with Crippen molar-refractivity contribution in [3.63, 3.8) is 0 Å². The summed E-state index contributed by atoms with van der Waals surface area (Å²) in [5, 5.41) is 24.4. The van der Waals surface area contributed by atoms with Gasteiger partial charge in [-0.2, -0.15) is 5.10 Å². The lowest BCUT2D eigenvalue weighted by Gasteiger charge is -2.06. The van der Waals surface area contributed by atoms with E-state index in [1.807, 2.05) is 0 Å². The number of amides is 1. The Balaban J connectivity index is 2.12. The first-order chi connectivity index (χ1) is 11.9. The molecule has 0 heterocycles. The summed E-state index contributed by atoms with van der Waals surface area (Å²) in [6.45, 7) is 3.70. The van der Waals surface area contributed by atoms with Crippen LogP contribution in [0.1, 0.15) is 28.4 Å². The summed E-state index contributed by atoms with van der Waals surface area (Å²) in [5.74, 6) is -0.233. The number of nitrogens with one attached hydrogen (secondary N) is 1. The summed E-state index contributed by atoms with van der Waals surface area (Å²) >= 11 is 0. The maximum atomic E-state index is 12.1. The van der Waals surface area contributed by atoms with Gasteiger partial charge in [0.1, 0.15) is 0 Å². The van der Waals surface area contributed by atoms with E-state index in [9.17, 15) is 20.0 Å². The second kappa shape index (κ2) is 7.91. The fraction of sp³-hybridized carbons (Fsp3) is 0.176. The van der Waals surface area contributed by atoms with Crippen LogP contribution in [0.3, 0.4) is 0 Å². The number of phenolic OH excluding ortho intramolecular Hbond substituents is 1. The fourth-order valence-corrected chi connectivity index (χ4v) is 2.18. The average molecular weight is 343 g/mol. The van der Waals surface area contributed by atoms with E-state index >= 15 is 0 Å². The predicted molar refractivity (Wildman–Crippen MR) is 92.2 cm³/mol. The molecule has 0 spiro atoms. The molecule has 0 aliphatic carbocycles. The number of hydrogen-bond donors (Lipinski definition) is 2. The monoisotopic (exact) mass is 343 g/mol. The van der Waals surface area contributed by atoms with Crippen LogP contribution >= 0.6 is 0 Å². The Kier molecular flexibility index (Phi) is 5.67. The summed E-state index contributed by atoms with van der Waals surface area (Å²) in [5.41, 5.74) is 3.25. The van der Waals surface area contributed by atoms with E-state index in [-0.39, 0.29) is 22.6 Å². The van der Waals surface area contributed by atoms with E-state index < -0.39 is 10.8 Å². The predicted octanol–water partition coefficient (Wildman–Crippen LogP) is 2.77. The number of phenols is 1. The summed E-state index contributed by atoms with van der Waals surface area (Å²) in [6, 6.07) is 8.90. The SMILES string of the molecule is CCOc1cc(C=NNC(=O)c2cccc([N+](=O)[O-])c2C)ccc1O. The molecular weight excluding hydrogens is 326 g/mol. The number of rotatable bonds is 6. The van der Waals surface area contributed by atoms with Crippen molar-refractivity contribution in [3.8, 4) is 11.5 Å². The van der Waals surface area contributed by atoms with Crippen LogP contribution in [0.2, 0.25) is 0 Å². The Bertz CT molecular complexity index is 833. The van der Waals surface area contributed by atoms with E-state index in [1.54, 1.807) is 19.1 Å². The Morgan fingerprint density at radius 1 is 1.40 bits per heavy atom. The van der Waals surface area contributed by atoms with Crippen molar-refractivity contribution in [3.05, 3.63) is 63.2 Å². The van der Waals surface area contributed by atoms with Gasteiger partial charge in [-0.1, -0.05) is 6.07 Å². The molecule has 0 bridgehead atoms. The number of carbonyl (C=O) groups excluding carboxylic acids is 1. The Hall–Kier alpha value is -3.42. The van der Waals surface area contributed by atoms with Gasteiger partial charge in [-0.05, 0) is 43.7 Å². The fourth-order valence-electron chi connectivity index (χ4n) is 2.18. The molecule has 0 atom stereocenters. The molecule has 0 saturated heterocycles. The molecule has 130 valence electrons. The third-order valence-electron chi connectivity index (χ3n) is 3.41. The summed E-state index contributed by atoms with van der Waals surface area (Å²) in [4.78, 5) is 22.5. The van der Waals surface area contributed by atoms with Crippen molar-refractivity contribution in [2.45, 2.75) is 13.8 Å². The van der Waals surface area contributed by atoms with Gasteiger partial charge in [-0.15, -0.1) is 0 Å². The zero-order valence-corrected chi connectivity index (χ0v) is 13.7. The summed E-state index contributed by atoms with van der Waals surface area (Å²) in [7, 11) is 0. The molecule has 0 aliphatic heterocycles. The lowest BCUT2D eigenvalue weighted by atomic mass is 10.1. The zero-order valence-electron chi connectivity index (χ0n) is 13.7. The first kappa shape index (κ1) is 17.9. The first-order valence-electron chi connectivity index (χ1n) is 7.47. The highest BCUT2D eigenvalue weighted by atomic mass is 16.6. The van der Waals surface area contributed by atoms with E-state index in [0.29, 0.717) is 17.9 Å². The number of hydrogen-bond acceptors (Lipinski definition) is 6. The molecule has 8 nitrogen and oxygen atoms in total. The molecule has 0 unspecified atom stereocenters. The number of ether oxygens (including phenoxy) is 1. The van der Waals surface area contributed by atoms with Crippen molar-refractivity contribution in [2.75, 3.05) is 6.61 Å². The molecule has 25 heavy (non-hydrogen) atoms. The molecule has 0 aromatic heterocycles. The Labute approximate surface area is 143 Å². The van der Waals surface area contributed by atoms with Crippen molar-refractivity contribution in [1.29, 1.82) is 0 Å². The number of nitro groups is 1. The van der Waals surface area contributed by atoms with Crippen LogP contribution in [-0.2, 0) is 0 Å². The number of carbonyl (C=O) groups is 1. The molecule has 0 radical (unpaired) electrons. The van der Waals surface area contributed by atoms with Gasteiger partial charge >= 0.3 is 0 Å². The highest BCUT2D eigenvalue weighted by molar-refractivity contribution is 5.97. The molecule has 2 rings (SSSR count). The van der Waals surface area contributed by atoms with Gasteiger partial charge in [0.05, 0.1) is 23.3 Å². The lowest BCUT2D eigenvalue weighted by molar-refractivity contribution is -0.385. The van der Waals surface area contributed by atoms with Gasteiger partial charge in [0.15, 0.2) is 11.5 Å². The van der Waals surface area contributed by atoms with Gasteiger partial charge in [-0.25, -0.2) is 5.43 Å². The number of benzene rings is 2. The molecule has 8 heteroatoms. The number of aromatic hydroxyl groups is 1.